The second kappa shape index (κ2) is 9.35. The number of benzene rings is 8. The van der Waals surface area contributed by atoms with Gasteiger partial charge in [-0.15, -0.1) is 11.3 Å². The molecule has 0 aliphatic rings. The van der Waals surface area contributed by atoms with Crippen LogP contribution in [0.2, 0.25) is 0 Å². The zero-order chi connectivity index (χ0) is 28.5. The first-order chi connectivity index (χ1) is 21.2. The summed E-state index contributed by atoms with van der Waals surface area (Å²) >= 11 is 1.68. The Morgan fingerprint density at radius 1 is 0.326 bits per heavy atom. The highest BCUT2D eigenvalue weighted by Gasteiger charge is 2.11. The molecule has 0 saturated heterocycles. The van der Waals surface area contributed by atoms with Crippen LogP contribution in [0.4, 0.5) is 0 Å². The van der Waals surface area contributed by atoms with Gasteiger partial charge in [-0.05, 0) is 102 Å². The zero-order valence-electron chi connectivity index (χ0n) is 23.2. The van der Waals surface area contributed by atoms with E-state index < -0.39 is 0 Å². The van der Waals surface area contributed by atoms with Gasteiger partial charge in [-0.2, -0.15) is 0 Å². The van der Waals surface area contributed by atoms with E-state index in [0.717, 1.165) is 42.4 Å². The van der Waals surface area contributed by atoms with Crippen molar-refractivity contribution < 1.29 is 0 Å². The highest BCUT2D eigenvalue weighted by atomic mass is 32.1. The molecule has 1 heterocycles. The maximum absolute atomic E-state index is 14.0. The summed E-state index contributed by atoms with van der Waals surface area (Å²) in [5.74, 6) is 0. The van der Waals surface area contributed by atoms with E-state index >= 15 is 0 Å². The summed E-state index contributed by atoms with van der Waals surface area (Å²) in [6, 6.07) is 51.6. The van der Waals surface area contributed by atoms with Crippen molar-refractivity contribution in [2.75, 3.05) is 0 Å². The average molecular weight is 565 g/mol. The summed E-state index contributed by atoms with van der Waals surface area (Å²) in [6.07, 6.45) is 0. The van der Waals surface area contributed by atoms with Crippen molar-refractivity contribution in [3.8, 4) is 22.3 Å². The van der Waals surface area contributed by atoms with Crippen LogP contribution in [0.5, 0.6) is 0 Å². The molecule has 0 aliphatic heterocycles. The van der Waals surface area contributed by atoms with Crippen LogP contribution in [0.1, 0.15) is 0 Å². The third kappa shape index (κ3) is 3.88. The van der Waals surface area contributed by atoms with Crippen molar-refractivity contribution in [3.05, 3.63) is 156 Å². The van der Waals surface area contributed by atoms with Gasteiger partial charge < -0.3 is 0 Å². The van der Waals surface area contributed by atoms with Crippen molar-refractivity contribution in [2.24, 2.45) is 0 Å². The lowest BCUT2D eigenvalue weighted by Gasteiger charge is -2.10. The van der Waals surface area contributed by atoms with Crippen molar-refractivity contribution >= 4 is 74.6 Å². The van der Waals surface area contributed by atoms with E-state index in [1.54, 1.807) is 11.3 Å². The highest BCUT2D eigenvalue weighted by Crippen LogP contribution is 2.35. The second-order valence-electron chi connectivity index (χ2n) is 11.3. The van der Waals surface area contributed by atoms with Crippen molar-refractivity contribution in [3.63, 3.8) is 0 Å². The van der Waals surface area contributed by atoms with Crippen LogP contribution in [0.25, 0.3) is 85.5 Å². The minimum Gasteiger partial charge on any atom is -0.289 e. The predicted octanol–water partition coefficient (Wildman–Crippen LogP) is 11.4. The first-order valence-corrected chi connectivity index (χ1v) is 15.4. The lowest BCUT2D eigenvalue weighted by molar-refractivity contribution is 1.67. The maximum Gasteiger partial charge on any atom is 0.195 e. The fraction of sp³-hybridized carbons (Fsp3) is 0. The molecular weight excluding hydrogens is 541 g/mol. The second-order valence-corrected chi connectivity index (χ2v) is 12.4. The molecule has 0 atom stereocenters. The molecule has 0 amide bonds. The smallest absolute Gasteiger partial charge is 0.195 e. The van der Waals surface area contributed by atoms with E-state index in [-0.39, 0.29) is 5.43 Å². The van der Waals surface area contributed by atoms with Gasteiger partial charge >= 0.3 is 0 Å². The van der Waals surface area contributed by atoms with Gasteiger partial charge in [0, 0.05) is 20.2 Å². The molecule has 43 heavy (non-hydrogen) atoms. The molecule has 0 aliphatic carbocycles. The van der Waals surface area contributed by atoms with E-state index in [1.165, 1.54) is 43.1 Å². The summed E-state index contributed by atoms with van der Waals surface area (Å²) in [5.41, 5.74) is 4.44. The van der Waals surface area contributed by atoms with Crippen LogP contribution in [-0.2, 0) is 0 Å². The number of rotatable bonds is 2. The molecule has 0 N–H and O–H groups in total. The Balaban J connectivity index is 1.20. The molecular formula is C41H24OS. The van der Waals surface area contributed by atoms with E-state index in [4.69, 9.17) is 0 Å². The van der Waals surface area contributed by atoms with Gasteiger partial charge in [-0.3, -0.25) is 4.79 Å². The molecule has 0 fully saturated rings. The third-order valence-electron chi connectivity index (χ3n) is 8.83. The number of hydrogen-bond donors (Lipinski definition) is 0. The third-order valence-corrected chi connectivity index (χ3v) is 9.98. The highest BCUT2D eigenvalue weighted by molar-refractivity contribution is 7.24. The van der Waals surface area contributed by atoms with Gasteiger partial charge in [-0.1, -0.05) is 109 Å². The molecule has 1 nitrogen and oxygen atoms in total. The molecule has 0 saturated carbocycles. The Labute approximate surface area is 251 Å². The number of fused-ring (bicyclic) bond motifs is 8. The first-order valence-electron chi connectivity index (χ1n) is 14.5. The lowest BCUT2D eigenvalue weighted by atomic mass is 9.96. The van der Waals surface area contributed by atoms with E-state index in [2.05, 4.69) is 146 Å². The molecule has 1 aromatic heterocycles. The van der Waals surface area contributed by atoms with Crippen molar-refractivity contribution in [2.45, 2.75) is 0 Å². The molecule has 0 spiro atoms. The SMILES string of the molecule is O=c1c2cc(-c3ccc4ccc5ccccc5c4c3)ccc2sc2ccc(-c3ccc4ccc5ccccc5c4c3)cc12. The van der Waals surface area contributed by atoms with Gasteiger partial charge in [-0.25, -0.2) is 0 Å². The lowest BCUT2D eigenvalue weighted by Crippen LogP contribution is -2.01. The predicted molar refractivity (Wildman–Crippen MR) is 186 cm³/mol. The zero-order valence-corrected chi connectivity index (χ0v) is 24.0. The summed E-state index contributed by atoms with van der Waals surface area (Å²) in [7, 11) is 0. The van der Waals surface area contributed by atoms with Crippen LogP contribution < -0.4 is 5.43 Å². The van der Waals surface area contributed by atoms with Gasteiger partial charge in [0.15, 0.2) is 5.43 Å². The fourth-order valence-corrected chi connectivity index (χ4v) is 7.61. The first kappa shape index (κ1) is 24.3. The van der Waals surface area contributed by atoms with Crippen molar-refractivity contribution in [1.29, 1.82) is 0 Å². The Morgan fingerprint density at radius 3 is 1.14 bits per heavy atom. The Bertz CT molecular complexity index is 2460. The number of hydrogen-bond acceptors (Lipinski definition) is 2. The van der Waals surface area contributed by atoms with E-state index in [1.807, 2.05) is 0 Å². The summed E-state index contributed by atoms with van der Waals surface area (Å²) in [6.45, 7) is 0. The fourth-order valence-electron chi connectivity index (χ4n) is 6.58. The topological polar surface area (TPSA) is 17.1 Å². The molecule has 2 heteroatoms. The van der Waals surface area contributed by atoms with Crippen LogP contribution in [-0.4, -0.2) is 0 Å². The minimum atomic E-state index is 0.0879. The molecule has 8 aromatic carbocycles. The van der Waals surface area contributed by atoms with Gasteiger partial charge in [0.05, 0.1) is 0 Å². The van der Waals surface area contributed by atoms with Crippen molar-refractivity contribution in [1.82, 2.24) is 0 Å². The van der Waals surface area contributed by atoms with Crippen LogP contribution in [0, 0.1) is 0 Å². The summed E-state index contributed by atoms with van der Waals surface area (Å²) in [4.78, 5) is 14.0. The molecule has 0 unspecified atom stereocenters. The minimum absolute atomic E-state index is 0.0879. The molecule has 200 valence electrons. The van der Waals surface area contributed by atoms with Crippen LogP contribution in [0.3, 0.4) is 0 Å². The molecule has 9 aromatic rings. The molecule has 9 rings (SSSR count). The van der Waals surface area contributed by atoms with Gasteiger partial charge in [0.1, 0.15) is 0 Å². The Kier molecular flexibility index (Phi) is 5.29. The van der Waals surface area contributed by atoms with Crippen LogP contribution in [0.15, 0.2) is 150 Å². The molecule has 0 radical (unpaired) electrons. The normalized spacial score (nSPS) is 11.8. The Morgan fingerprint density at radius 2 is 0.674 bits per heavy atom. The van der Waals surface area contributed by atoms with E-state index in [9.17, 15) is 4.79 Å². The maximum atomic E-state index is 14.0. The molecule has 0 bridgehead atoms. The van der Waals surface area contributed by atoms with Gasteiger partial charge in [0.2, 0.25) is 0 Å². The van der Waals surface area contributed by atoms with Gasteiger partial charge in [0.25, 0.3) is 0 Å². The van der Waals surface area contributed by atoms with Crippen LogP contribution >= 0.6 is 11.3 Å². The summed E-state index contributed by atoms with van der Waals surface area (Å²) in [5, 5.41) is 11.4. The standard InChI is InChI=1S/C41H24OS/c42-41-37-23-31(29-15-13-27-11-9-25-5-1-3-7-33(25)35(27)21-29)17-19-39(37)43-40-20-18-32(24-38(40)41)30-16-14-28-12-10-26-6-2-4-8-34(26)36(28)22-30/h1-24H. The largest absolute Gasteiger partial charge is 0.289 e. The summed E-state index contributed by atoms with van der Waals surface area (Å²) < 4.78 is 2.02. The van der Waals surface area contributed by atoms with E-state index in [0.29, 0.717) is 0 Å². The monoisotopic (exact) mass is 564 g/mol. The Hall–Kier alpha value is -5.31. The average Bonchev–Trinajstić information content (AvgIpc) is 3.07. The quantitative estimate of drug-likeness (QED) is 0.151.